The Morgan fingerprint density at radius 3 is 1.17 bits per heavy atom. The molecule has 0 aromatic heterocycles. The second-order valence-corrected chi connectivity index (χ2v) is 14.0. The number of aromatic hydroxyl groups is 2. The molecule has 2 N–H and O–H groups in total. The van der Waals surface area contributed by atoms with Crippen molar-refractivity contribution in [1.82, 2.24) is 0 Å². The van der Waals surface area contributed by atoms with Gasteiger partial charge in [0.1, 0.15) is 23.0 Å². The van der Waals surface area contributed by atoms with Crippen LogP contribution in [0.5, 0.6) is 23.0 Å². The molecule has 0 radical (unpaired) electrons. The van der Waals surface area contributed by atoms with Gasteiger partial charge < -0.3 is 19.3 Å². The van der Waals surface area contributed by atoms with Gasteiger partial charge in [0, 0.05) is 12.8 Å². The zero-order valence-electron chi connectivity index (χ0n) is 26.8. The maximum absolute atomic E-state index is 9.58. The van der Waals surface area contributed by atoms with Gasteiger partial charge in [-0.05, 0) is 57.8 Å². The lowest BCUT2D eigenvalue weighted by Gasteiger charge is -2.20. The molecule has 0 bridgehead atoms. The first-order chi connectivity index (χ1) is 21.3. The van der Waals surface area contributed by atoms with E-state index in [9.17, 15) is 10.2 Å². The number of para-hydroxylation sites is 4. The van der Waals surface area contributed by atoms with Gasteiger partial charge in [0.2, 0.25) is 0 Å². The number of benzene rings is 4. The van der Waals surface area contributed by atoms with Crippen LogP contribution in [-0.2, 0) is 12.8 Å². The van der Waals surface area contributed by atoms with Gasteiger partial charge in [0.05, 0.1) is 0 Å². The van der Waals surface area contributed by atoms with Crippen LogP contribution in [0.4, 0.5) is 0 Å². The maximum Gasteiger partial charge on any atom is 0.401 e. The number of phenols is 2. The molecule has 0 fully saturated rings. The summed E-state index contributed by atoms with van der Waals surface area (Å²) in [6, 6.07) is 30.1. The second kappa shape index (κ2) is 33.0. The molecule has 10 heteroatoms. The van der Waals surface area contributed by atoms with Crippen LogP contribution in [-0.4, -0.2) is 10.2 Å². The fourth-order valence-corrected chi connectivity index (χ4v) is 4.53. The molecule has 1 heterocycles. The first-order valence-corrected chi connectivity index (χ1v) is 20.8. The number of rotatable bonds is 2. The average molecular weight is 755 g/mol. The molecule has 0 unspecified atom stereocenters. The third-order valence-electron chi connectivity index (χ3n) is 5.03. The van der Waals surface area contributed by atoms with Crippen LogP contribution in [0.1, 0.15) is 92.5 Å². The van der Waals surface area contributed by atoms with Gasteiger partial charge >= 0.3 is 7.73 Å². The molecule has 0 saturated heterocycles. The average Bonchev–Trinajstić information content (AvgIpc) is 3.04. The van der Waals surface area contributed by atoms with Gasteiger partial charge in [0.25, 0.3) is 0 Å². The molecule has 0 saturated carbocycles. The SMILES string of the molecule is C.C.CC.CC.CC.CC.ClP(Cl)Cl.ClP1Oc2ccccc2Cc2ccccc2O1.Oc1ccccc1Cc1ccccc1O. The topological polar surface area (TPSA) is 58.9 Å². The van der Waals surface area contributed by atoms with E-state index < -0.39 is 13.7 Å². The highest BCUT2D eigenvalue weighted by Crippen LogP contribution is 2.51. The monoisotopic (exact) mass is 752 g/mol. The summed E-state index contributed by atoms with van der Waals surface area (Å²) in [6.45, 7) is 16.0. The lowest BCUT2D eigenvalue weighted by atomic mass is 10.0. The predicted octanol–water partition coefficient (Wildman–Crippen LogP) is 15.5. The number of hydrogen-bond acceptors (Lipinski definition) is 4. The molecule has 4 nitrogen and oxygen atoms in total. The first-order valence-electron chi connectivity index (χ1n) is 14.6. The Hall–Kier alpha value is -1.90. The van der Waals surface area contributed by atoms with Crippen molar-refractivity contribution in [3.63, 3.8) is 0 Å². The summed E-state index contributed by atoms with van der Waals surface area (Å²) in [6.07, 6.45) is 1.34. The molecule has 0 spiro atoms. The number of phenolic OH excluding ortho intramolecular Hbond substituents is 2. The lowest BCUT2D eigenvalue weighted by molar-refractivity contribution is 0.463. The second-order valence-electron chi connectivity index (χ2n) is 7.41. The minimum Gasteiger partial charge on any atom is -0.508 e. The number of fused-ring (bicyclic) bond motifs is 2. The summed E-state index contributed by atoms with van der Waals surface area (Å²) >= 11 is 20.7. The Balaban J connectivity index is -0.000000280. The molecule has 1 aliphatic rings. The molecule has 4 aromatic carbocycles. The van der Waals surface area contributed by atoms with Crippen molar-refractivity contribution in [2.75, 3.05) is 0 Å². The van der Waals surface area contributed by atoms with E-state index in [2.05, 4.69) is 12.1 Å². The van der Waals surface area contributed by atoms with Crippen LogP contribution in [0, 0.1) is 0 Å². The third kappa shape index (κ3) is 21.1. The molecule has 0 amide bonds. The fraction of sp³-hybridized carbons (Fsp3) is 0.333. The van der Waals surface area contributed by atoms with Crippen molar-refractivity contribution in [1.29, 1.82) is 0 Å². The van der Waals surface area contributed by atoms with E-state index in [1.807, 2.05) is 116 Å². The molecular weight excluding hydrogens is 700 g/mol. The van der Waals surface area contributed by atoms with E-state index >= 15 is 0 Å². The van der Waals surface area contributed by atoms with Crippen molar-refractivity contribution in [3.8, 4) is 23.0 Å². The smallest absolute Gasteiger partial charge is 0.401 e. The van der Waals surface area contributed by atoms with E-state index in [0.717, 1.165) is 40.2 Å². The molecule has 1 aliphatic heterocycles. The molecule has 46 heavy (non-hydrogen) atoms. The maximum atomic E-state index is 9.58. The number of hydrogen-bond donors (Lipinski definition) is 2. The molecule has 4 aromatic rings. The lowest BCUT2D eigenvalue weighted by Crippen LogP contribution is -2.01. The Bertz CT molecular complexity index is 1170. The highest BCUT2D eigenvalue weighted by atomic mass is 36.0. The largest absolute Gasteiger partial charge is 0.508 e. The molecule has 0 aliphatic carbocycles. The van der Waals surface area contributed by atoms with E-state index in [4.69, 9.17) is 54.0 Å². The van der Waals surface area contributed by atoms with Gasteiger partial charge in [-0.1, -0.05) is 177 Å². The molecule has 0 atom stereocenters. The molecule has 5 rings (SSSR count). The van der Waals surface area contributed by atoms with Crippen LogP contribution >= 0.6 is 58.7 Å². The summed E-state index contributed by atoms with van der Waals surface area (Å²) in [4.78, 5) is 0. The minimum absolute atomic E-state index is 0. The van der Waals surface area contributed by atoms with Crippen molar-refractivity contribution in [2.45, 2.75) is 83.1 Å². The Morgan fingerprint density at radius 1 is 0.565 bits per heavy atom. The zero-order valence-corrected chi connectivity index (χ0v) is 31.6. The van der Waals surface area contributed by atoms with Crippen LogP contribution in [0.25, 0.3) is 0 Å². The van der Waals surface area contributed by atoms with Gasteiger partial charge in [-0.2, -0.15) is 0 Å². The van der Waals surface area contributed by atoms with Gasteiger partial charge in [0.15, 0.2) is 5.98 Å². The quantitative estimate of drug-likeness (QED) is 0.200. The Kier molecular flexibility index (Phi) is 36.6. The van der Waals surface area contributed by atoms with Gasteiger partial charge in [-0.15, -0.1) is 0 Å². The zero-order chi connectivity index (χ0) is 33.9. The van der Waals surface area contributed by atoms with Crippen LogP contribution in [0.2, 0.25) is 0 Å². The summed E-state index contributed by atoms with van der Waals surface area (Å²) < 4.78 is 11.2. The number of halogens is 4. The molecular formula is C36H54Cl4O4P2. The van der Waals surface area contributed by atoms with Gasteiger partial charge in [-0.25, -0.2) is 0 Å². The van der Waals surface area contributed by atoms with Crippen LogP contribution < -0.4 is 9.05 Å². The summed E-state index contributed by atoms with van der Waals surface area (Å²) in [5.74, 6) is 0.942. The Labute approximate surface area is 301 Å². The van der Waals surface area contributed by atoms with Gasteiger partial charge in [-0.3, -0.25) is 0 Å². The Morgan fingerprint density at radius 2 is 0.848 bits per heavy atom. The van der Waals surface area contributed by atoms with Crippen molar-refractivity contribution >= 4 is 58.7 Å². The van der Waals surface area contributed by atoms with E-state index in [1.54, 1.807) is 24.3 Å². The normalized spacial score (nSPS) is 10.0. The third-order valence-corrected chi connectivity index (χ3v) is 6.13. The van der Waals surface area contributed by atoms with Crippen molar-refractivity contribution in [2.24, 2.45) is 0 Å². The van der Waals surface area contributed by atoms with E-state index in [-0.39, 0.29) is 26.4 Å². The fourth-order valence-electron chi connectivity index (χ4n) is 3.38. The van der Waals surface area contributed by atoms with E-state index in [1.165, 1.54) is 0 Å². The van der Waals surface area contributed by atoms with Crippen molar-refractivity contribution in [3.05, 3.63) is 119 Å². The molecule has 260 valence electrons. The van der Waals surface area contributed by atoms with Crippen molar-refractivity contribution < 1.29 is 19.3 Å². The highest BCUT2D eigenvalue weighted by Gasteiger charge is 2.19. The first kappa shape index (κ1) is 50.9. The summed E-state index contributed by atoms with van der Waals surface area (Å²) in [5.41, 5.74) is 3.91. The predicted molar refractivity (Wildman–Crippen MR) is 212 cm³/mol. The van der Waals surface area contributed by atoms with Crippen LogP contribution in [0.3, 0.4) is 0 Å². The summed E-state index contributed by atoms with van der Waals surface area (Å²) in [5, 5.41) is 19.2. The summed E-state index contributed by atoms with van der Waals surface area (Å²) in [7, 11) is -1.44. The van der Waals surface area contributed by atoms with Crippen LogP contribution in [0.15, 0.2) is 97.1 Å². The van der Waals surface area contributed by atoms with E-state index in [0.29, 0.717) is 6.42 Å². The highest BCUT2D eigenvalue weighted by molar-refractivity contribution is 8.20. The minimum atomic E-state index is -1.44. The standard InChI is InChI=1S/C13H10ClO2P.C13H12O2.4C2H6.2CH4.Cl3P/c14-17-15-12-7-3-1-5-10(12)9-11-6-2-4-8-13(11)16-17;14-12-7-3-1-5-10(12)9-11-6-2-4-8-13(11)15;4*1-2;;;1-4(2)3/h1-8H,9H2;1-8,14-15H,9H2;4*1-2H3;2*1H4;.